The third-order valence-electron chi connectivity index (χ3n) is 2.54. The highest BCUT2D eigenvalue weighted by atomic mass is 79.9. The second kappa shape index (κ2) is 4.33. The lowest BCUT2D eigenvalue weighted by Crippen LogP contribution is -2.00. The number of rotatable bonds is 3. The van der Waals surface area contributed by atoms with Gasteiger partial charge in [0.1, 0.15) is 4.60 Å². The van der Waals surface area contributed by atoms with Crippen LogP contribution in [0.5, 0.6) is 0 Å². The predicted octanol–water partition coefficient (Wildman–Crippen LogP) is 2.23. The second-order valence-electron chi connectivity index (χ2n) is 3.66. The van der Waals surface area contributed by atoms with Gasteiger partial charge in [0.15, 0.2) is 0 Å². The first-order chi connectivity index (χ1) is 7.22. The summed E-state index contributed by atoms with van der Waals surface area (Å²) in [5, 5.41) is 5.49. The van der Waals surface area contributed by atoms with Crippen LogP contribution in [0.15, 0.2) is 22.8 Å². The first-order valence-corrected chi connectivity index (χ1v) is 5.83. The zero-order chi connectivity index (χ0) is 10.8. The lowest BCUT2D eigenvalue weighted by atomic mass is 10.1. The summed E-state index contributed by atoms with van der Waals surface area (Å²) >= 11 is 3.46. The minimum absolute atomic E-state index is 0.742. The van der Waals surface area contributed by atoms with E-state index in [9.17, 15) is 0 Å². The van der Waals surface area contributed by atoms with E-state index in [1.165, 1.54) is 10.9 Å². The van der Waals surface area contributed by atoms with Gasteiger partial charge in [0.25, 0.3) is 0 Å². The van der Waals surface area contributed by atoms with E-state index < -0.39 is 0 Å². The van der Waals surface area contributed by atoms with Crippen molar-refractivity contribution in [3.63, 3.8) is 0 Å². The Morgan fingerprint density at radius 3 is 3.00 bits per heavy atom. The molecule has 0 bridgehead atoms. The van der Waals surface area contributed by atoms with E-state index in [-0.39, 0.29) is 0 Å². The van der Waals surface area contributed by atoms with Crippen molar-refractivity contribution in [3.8, 4) is 0 Å². The van der Waals surface area contributed by atoms with E-state index in [0.29, 0.717) is 0 Å². The molecular weight excluding hydrogens is 254 g/mol. The fraction of sp³-hybridized carbons (Fsp3) is 0.364. The zero-order valence-electron chi connectivity index (χ0n) is 8.70. The average Bonchev–Trinajstić information content (AvgIpc) is 2.52. The van der Waals surface area contributed by atoms with Crippen LogP contribution < -0.4 is 5.73 Å². The lowest BCUT2D eigenvalue weighted by molar-refractivity contribution is 0.788. The number of fused-ring (bicyclic) bond motifs is 1. The van der Waals surface area contributed by atoms with E-state index in [2.05, 4.69) is 39.2 Å². The average molecular weight is 268 g/mol. The second-order valence-corrected chi connectivity index (χ2v) is 4.41. The molecule has 0 aliphatic rings. The number of nitrogens with zero attached hydrogens (tertiary/aromatic N) is 2. The van der Waals surface area contributed by atoms with Gasteiger partial charge in [0.05, 0.1) is 5.52 Å². The van der Waals surface area contributed by atoms with Crippen molar-refractivity contribution in [2.24, 2.45) is 12.8 Å². The number of aryl methyl sites for hydroxylation is 2. The topological polar surface area (TPSA) is 43.8 Å². The smallest absolute Gasteiger partial charge is 0.135 e. The Bertz CT molecular complexity index is 476. The van der Waals surface area contributed by atoms with Gasteiger partial charge in [-0.3, -0.25) is 4.68 Å². The number of nitrogens with two attached hydrogens (primary N) is 1. The quantitative estimate of drug-likeness (QED) is 0.927. The van der Waals surface area contributed by atoms with E-state index in [1.54, 1.807) is 0 Å². The first-order valence-electron chi connectivity index (χ1n) is 5.03. The maximum atomic E-state index is 5.50. The Hall–Kier alpha value is -0.870. The standard InChI is InChI=1S/C11H14BrN3/c1-15-10-5-4-8(3-2-6-13)7-9(10)11(12)14-15/h4-5,7H,2-3,6,13H2,1H3. The molecule has 4 heteroatoms. The Kier molecular flexibility index (Phi) is 3.07. The summed E-state index contributed by atoms with van der Waals surface area (Å²) in [4.78, 5) is 0. The summed E-state index contributed by atoms with van der Waals surface area (Å²) in [7, 11) is 1.95. The summed E-state index contributed by atoms with van der Waals surface area (Å²) in [5.74, 6) is 0. The number of benzene rings is 1. The summed E-state index contributed by atoms with van der Waals surface area (Å²) < 4.78 is 2.79. The van der Waals surface area contributed by atoms with Gasteiger partial charge < -0.3 is 5.73 Å². The minimum Gasteiger partial charge on any atom is -0.330 e. The number of aromatic nitrogens is 2. The predicted molar refractivity (Wildman–Crippen MR) is 65.8 cm³/mol. The van der Waals surface area contributed by atoms with Crippen LogP contribution in [-0.4, -0.2) is 16.3 Å². The highest BCUT2D eigenvalue weighted by Gasteiger charge is 2.06. The van der Waals surface area contributed by atoms with Crippen LogP contribution in [0.1, 0.15) is 12.0 Å². The van der Waals surface area contributed by atoms with Crippen molar-refractivity contribution in [2.45, 2.75) is 12.8 Å². The van der Waals surface area contributed by atoms with Gasteiger partial charge in [-0.1, -0.05) is 6.07 Å². The monoisotopic (exact) mass is 267 g/mol. The Labute approximate surface area is 97.4 Å². The summed E-state index contributed by atoms with van der Waals surface area (Å²) in [6.07, 6.45) is 2.07. The van der Waals surface area contributed by atoms with Crippen molar-refractivity contribution in [1.82, 2.24) is 9.78 Å². The molecule has 0 aliphatic carbocycles. The highest BCUT2D eigenvalue weighted by molar-refractivity contribution is 9.10. The number of halogens is 1. The van der Waals surface area contributed by atoms with Crippen LogP contribution >= 0.6 is 15.9 Å². The van der Waals surface area contributed by atoms with Crippen LogP contribution in [0.2, 0.25) is 0 Å². The van der Waals surface area contributed by atoms with Gasteiger partial charge in [0.2, 0.25) is 0 Å². The molecule has 0 amide bonds. The molecule has 0 saturated heterocycles. The molecule has 1 aromatic carbocycles. The molecule has 0 spiro atoms. The van der Waals surface area contributed by atoms with Gasteiger partial charge in [-0.15, -0.1) is 0 Å². The summed E-state index contributed by atoms with van der Waals surface area (Å²) in [6, 6.07) is 6.44. The Morgan fingerprint density at radius 1 is 1.47 bits per heavy atom. The molecular formula is C11H14BrN3. The molecule has 0 aliphatic heterocycles. The van der Waals surface area contributed by atoms with E-state index in [0.717, 1.165) is 29.5 Å². The molecule has 0 atom stereocenters. The fourth-order valence-corrected chi connectivity index (χ4v) is 2.29. The number of hydrogen-bond acceptors (Lipinski definition) is 2. The molecule has 0 fully saturated rings. The van der Waals surface area contributed by atoms with Crippen molar-refractivity contribution in [3.05, 3.63) is 28.4 Å². The lowest BCUT2D eigenvalue weighted by Gasteiger charge is -2.00. The van der Waals surface area contributed by atoms with Crippen molar-refractivity contribution < 1.29 is 0 Å². The van der Waals surface area contributed by atoms with Crippen LogP contribution in [0.25, 0.3) is 10.9 Å². The fourth-order valence-electron chi connectivity index (χ4n) is 1.73. The largest absolute Gasteiger partial charge is 0.330 e. The van der Waals surface area contributed by atoms with Crippen LogP contribution in [0.3, 0.4) is 0 Å². The molecule has 0 radical (unpaired) electrons. The van der Waals surface area contributed by atoms with E-state index in [4.69, 9.17) is 5.73 Å². The van der Waals surface area contributed by atoms with Crippen LogP contribution in [-0.2, 0) is 13.5 Å². The van der Waals surface area contributed by atoms with Gasteiger partial charge in [-0.2, -0.15) is 5.10 Å². The summed E-state index contributed by atoms with van der Waals surface area (Å²) in [5.41, 5.74) is 7.97. The van der Waals surface area contributed by atoms with E-state index >= 15 is 0 Å². The van der Waals surface area contributed by atoms with Crippen molar-refractivity contribution >= 4 is 26.8 Å². The summed E-state index contributed by atoms with van der Waals surface area (Å²) in [6.45, 7) is 0.742. The van der Waals surface area contributed by atoms with Crippen molar-refractivity contribution in [1.29, 1.82) is 0 Å². The Balaban J connectivity index is 2.41. The zero-order valence-corrected chi connectivity index (χ0v) is 10.3. The van der Waals surface area contributed by atoms with Crippen LogP contribution in [0, 0.1) is 0 Å². The third-order valence-corrected chi connectivity index (χ3v) is 3.12. The third kappa shape index (κ3) is 2.06. The van der Waals surface area contributed by atoms with Crippen LogP contribution in [0.4, 0.5) is 0 Å². The van der Waals surface area contributed by atoms with Gasteiger partial charge in [-0.05, 0) is 53.0 Å². The Morgan fingerprint density at radius 2 is 2.27 bits per heavy atom. The molecule has 0 saturated carbocycles. The van der Waals surface area contributed by atoms with Gasteiger partial charge in [0, 0.05) is 12.4 Å². The molecule has 1 aromatic heterocycles. The first kappa shape index (κ1) is 10.6. The highest BCUT2D eigenvalue weighted by Crippen LogP contribution is 2.24. The minimum atomic E-state index is 0.742. The van der Waals surface area contributed by atoms with Gasteiger partial charge in [-0.25, -0.2) is 0 Å². The maximum Gasteiger partial charge on any atom is 0.135 e. The molecule has 2 N–H and O–H groups in total. The molecule has 80 valence electrons. The maximum absolute atomic E-state index is 5.50. The van der Waals surface area contributed by atoms with E-state index in [1.807, 2.05) is 11.7 Å². The van der Waals surface area contributed by atoms with Gasteiger partial charge >= 0.3 is 0 Å². The molecule has 15 heavy (non-hydrogen) atoms. The molecule has 2 rings (SSSR count). The molecule has 1 heterocycles. The molecule has 2 aromatic rings. The molecule has 0 unspecified atom stereocenters. The van der Waals surface area contributed by atoms with Crippen molar-refractivity contribution in [2.75, 3.05) is 6.54 Å². The number of hydrogen-bond donors (Lipinski definition) is 1. The SMILES string of the molecule is Cn1nc(Br)c2cc(CCCN)ccc21. The normalized spacial score (nSPS) is 11.1. The molecule has 3 nitrogen and oxygen atoms in total.